The fraction of sp³-hybridized carbons (Fsp3) is 0.231. The quantitative estimate of drug-likeness (QED) is 0.863. The molecular weight excluding hydrogens is 298 g/mol. The van der Waals surface area contributed by atoms with Gasteiger partial charge in [0.05, 0.1) is 24.2 Å². The zero-order valence-electron chi connectivity index (χ0n) is 9.60. The molecule has 0 aliphatic carbocycles. The Morgan fingerprint density at radius 3 is 2.89 bits per heavy atom. The summed E-state index contributed by atoms with van der Waals surface area (Å²) in [6.45, 7) is 0.607. The fourth-order valence-corrected chi connectivity index (χ4v) is 1.81. The number of halogens is 1. The maximum atomic E-state index is 10.6. The highest BCUT2D eigenvalue weighted by atomic mass is 79.9. The molecule has 0 aliphatic heterocycles. The lowest BCUT2D eigenvalue weighted by Gasteiger charge is -2.06. The van der Waals surface area contributed by atoms with Crippen LogP contribution in [0.5, 0.6) is 5.75 Å². The normalized spacial score (nSPS) is 10.5. The summed E-state index contributed by atoms with van der Waals surface area (Å²) in [5.41, 5.74) is 1.34. The predicted octanol–water partition coefficient (Wildman–Crippen LogP) is 2.64. The maximum Gasteiger partial charge on any atom is 0.309 e. The molecule has 2 aromatic rings. The third-order valence-corrected chi connectivity index (χ3v) is 2.72. The topological polar surface area (TPSA) is 59.4 Å². The number of alkyl halides is 1. The van der Waals surface area contributed by atoms with Gasteiger partial charge in [-0.2, -0.15) is 0 Å². The molecular formula is C13H12BrNO3. The molecule has 0 saturated heterocycles. The van der Waals surface area contributed by atoms with Crippen LogP contribution in [0.3, 0.4) is 0 Å². The highest BCUT2D eigenvalue weighted by Crippen LogP contribution is 2.20. The summed E-state index contributed by atoms with van der Waals surface area (Å²) in [6, 6.07) is 9.16. The third-order valence-electron chi connectivity index (χ3n) is 2.40. The van der Waals surface area contributed by atoms with Crippen LogP contribution >= 0.6 is 15.9 Å². The number of hydrogen-bond donors (Lipinski definition) is 1. The molecule has 94 valence electrons. The second-order valence-corrected chi connectivity index (χ2v) is 4.56. The Kier molecular flexibility index (Phi) is 4.15. The molecule has 0 atom stereocenters. The van der Waals surface area contributed by atoms with Crippen LogP contribution in [0.2, 0.25) is 0 Å². The zero-order valence-corrected chi connectivity index (χ0v) is 11.2. The lowest BCUT2D eigenvalue weighted by molar-refractivity contribution is -0.136. The number of benzene rings is 1. The molecule has 18 heavy (non-hydrogen) atoms. The Morgan fingerprint density at radius 1 is 1.33 bits per heavy atom. The maximum absolute atomic E-state index is 10.6. The van der Waals surface area contributed by atoms with Crippen molar-refractivity contribution >= 4 is 32.8 Å². The van der Waals surface area contributed by atoms with Gasteiger partial charge in [0.1, 0.15) is 5.75 Å². The number of hydrogen-bond acceptors (Lipinski definition) is 3. The number of pyridine rings is 1. The van der Waals surface area contributed by atoms with Gasteiger partial charge in [0, 0.05) is 10.7 Å². The zero-order chi connectivity index (χ0) is 13.0. The van der Waals surface area contributed by atoms with Crippen LogP contribution < -0.4 is 4.74 Å². The van der Waals surface area contributed by atoms with Crippen molar-refractivity contribution in [2.45, 2.75) is 6.42 Å². The van der Waals surface area contributed by atoms with Crippen LogP contribution in [-0.4, -0.2) is 28.0 Å². The van der Waals surface area contributed by atoms with E-state index in [1.54, 1.807) is 6.07 Å². The molecule has 1 heterocycles. The van der Waals surface area contributed by atoms with E-state index < -0.39 is 5.97 Å². The lowest BCUT2D eigenvalue weighted by atomic mass is 10.1. The van der Waals surface area contributed by atoms with Gasteiger partial charge < -0.3 is 9.84 Å². The van der Waals surface area contributed by atoms with Gasteiger partial charge in [0.2, 0.25) is 0 Å². The summed E-state index contributed by atoms with van der Waals surface area (Å²) in [5, 5.41) is 10.4. The summed E-state index contributed by atoms with van der Waals surface area (Å²) >= 11 is 3.30. The lowest BCUT2D eigenvalue weighted by Crippen LogP contribution is -2.02. The summed E-state index contributed by atoms with van der Waals surface area (Å²) in [4.78, 5) is 14.9. The molecule has 0 radical (unpaired) electrons. The van der Waals surface area contributed by atoms with Crippen LogP contribution in [0, 0.1) is 0 Å². The summed E-state index contributed by atoms with van der Waals surface area (Å²) in [5.74, 6) is -0.0890. The smallest absolute Gasteiger partial charge is 0.309 e. The van der Waals surface area contributed by atoms with Crippen LogP contribution in [0.15, 0.2) is 30.3 Å². The molecule has 0 saturated carbocycles. The van der Waals surface area contributed by atoms with Gasteiger partial charge in [-0.05, 0) is 24.3 Å². The molecule has 1 aromatic heterocycles. The van der Waals surface area contributed by atoms with E-state index >= 15 is 0 Å². The number of carboxylic acid groups (broad SMARTS) is 1. The van der Waals surface area contributed by atoms with Gasteiger partial charge in [-0.3, -0.25) is 9.78 Å². The largest absolute Gasteiger partial charge is 0.493 e. The van der Waals surface area contributed by atoms with Crippen molar-refractivity contribution in [2.24, 2.45) is 0 Å². The van der Waals surface area contributed by atoms with Crippen LogP contribution in [0.25, 0.3) is 10.9 Å². The van der Waals surface area contributed by atoms with E-state index in [4.69, 9.17) is 9.84 Å². The molecule has 5 heteroatoms. The fourth-order valence-electron chi connectivity index (χ4n) is 1.65. The Balaban J connectivity index is 2.27. The number of fused-ring (bicyclic) bond motifs is 1. The van der Waals surface area contributed by atoms with Gasteiger partial charge >= 0.3 is 5.97 Å². The first-order chi connectivity index (χ1) is 8.69. The molecule has 0 spiro atoms. The first-order valence-corrected chi connectivity index (χ1v) is 6.61. The number of rotatable bonds is 5. The molecule has 0 fully saturated rings. The molecule has 2 rings (SSSR count). The van der Waals surface area contributed by atoms with E-state index in [1.807, 2.05) is 24.3 Å². The predicted molar refractivity (Wildman–Crippen MR) is 72.4 cm³/mol. The number of ether oxygens (including phenoxy) is 1. The van der Waals surface area contributed by atoms with Crippen molar-refractivity contribution in [3.63, 3.8) is 0 Å². The van der Waals surface area contributed by atoms with Gasteiger partial charge in [-0.1, -0.05) is 22.0 Å². The SMILES string of the molecule is O=C(O)Cc1ccc2cc(OCCBr)ccc2n1. The standard InChI is InChI=1S/C13H12BrNO3/c14-5-6-18-11-3-4-12-9(7-11)1-2-10(15-12)8-13(16)17/h1-4,7H,5-6,8H2,(H,16,17). The van der Waals surface area contributed by atoms with Crippen molar-refractivity contribution in [1.82, 2.24) is 4.98 Å². The van der Waals surface area contributed by atoms with Crippen LogP contribution in [0.4, 0.5) is 0 Å². The van der Waals surface area contributed by atoms with Crippen LogP contribution in [0.1, 0.15) is 5.69 Å². The summed E-state index contributed by atoms with van der Waals surface area (Å²) < 4.78 is 5.49. The van der Waals surface area contributed by atoms with Gasteiger partial charge in [-0.15, -0.1) is 0 Å². The van der Waals surface area contributed by atoms with Gasteiger partial charge in [0.15, 0.2) is 0 Å². The number of aliphatic carboxylic acids is 1. The third kappa shape index (κ3) is 3.20. The van der Waals surface area contributed by atoms with Crippen molar-refractivity contribution in [1.29, 1.82) is 0 Å². The Morgan fingerprint density at radius 2 is 2.17 bits per heavy atom. The number of nitrogens with zero attached hydrogens (tertiary/aromatic N) is 1. The second kappa shape index (κ2) is 5.82. The van der Waals surface area contributed by atoms with E-state index in [1.165, 1.54) is 0 Å². The molecule has 0 aliphatic rings. The second-order valence-electron chi connectivity index (χ2n) is 3.77. The average Bonchev–Trinajstić information content (AvgIpc) is 2.35. The minimum Gasteiger partial charge on any atom is -0.493 e. The molecule has 0 bridgehead atoms. The van der Waals surface area contributed by atoms with Crippen LogP contribution in [-0.2, 0) is 11.2 Å². The Bertz CT molecular complexity index is 571. The molecule has 4 nitrogen and oxygen atoms in total. The van der Waals surface area contributed by atoms with E-state index in [2.05, 4.69) is 20.9 Å². The van der Waals surface area contributed by atoms with E-state index in [9.17, 15) is 4.79 Å². The number of aromatic nitrogens is 1. The number of carbonyl (C=O) groups is 1. The molecule has 0 unspecified atom stereocenters. The average molecular weight is 310 g/mol. The molecule has 1 N–H and O–H groups in total. The molecule has 0 amide bonds. The van der Waals surface area contributed by atoms with Crippen molar-refractivity contribution < 1.29 is 14.6 Å². The minimum atomic E-state index is -0.876. The van der Waals surface area contributed by atoms with E-state index in [0.717, 1.165) is 22.0 Å². The van der Waals surface area contributed by atoms with Crippen molar-refractivity contribution in [2.75, 3.05) is 11.9 Å². The number of carboxylic acids is 1. The van der Waals surface area contributed by atoms with E-state index in [0.29, 0.717) is 12.3 Å². The minimum absolute atomic E-state index is 0.0578. The first-order valence-electron chi connectivity index (χ1n) is 5.49. The highest BCUT2D eigenvalue weighted by Gasteiger charge is 2.04. The monoisotopic (exact) mass is 309 g/mol. The van der Waals surface area contributed by atoms with E-state index in [-0.39, 0.29) is 6.42 Å². The highest BCUT2D eigenvalue weighted by molar-refractivity contribution is 9.09. The Labute approximate surface area is 113 Å². The van der Waals surface area contributed by atoms with Crippen molar-refractivity contribution in [3.8, 4) is 5.75 Å². The van der Waals surface area contributed by atoms with Crippen molar-refractivity contribution in [3.05, 3.63) is 36.0 Å². The van der Waals surface area contributed by atoms with Gasteiger partial charge in [-0.25, -0.2) is 0 Å². The first kappa shape index (κ1) is 12.8. The molecule has 1 aromatic carbocycles. The summed E-state index contributed by atoms with van der Waals surface area (Å²) in [6.07, 6.45) is -0.0578. The van der Waals surface area contributed by atoms with Gasteiger partial charge in [0.25, 0.3) is 0 Å². The Hall–Kier alpha value is -1.62. The summed E-state index contributed by atoms with van der Waals surface area (Å²) in [7, 11) is 0.